The molecule has 0 aliphatic heterocycles. The van der Waals surface area contributed by atoms with Gasteiger partial charge in [-0.15, -0.1) is 0 Å². The van der Waals surface area contributed by atoms with Gasteiger partial charge >= 0.3 is 0 Å². The van der Waals surface area contributed by atoms with Gasteiger partial charge in [-0.2, -0.15) is 5.26 Å². The molecule has 2 aromatic rings. The molecule has 6 nitrogen and oxygen atoms in total. The van der Waals surface area contributed by atoms with Crippen molar-refractivity contribution in [3.63, 3.8) is 0 Å². The van der Waals surface area contributed by atoms with Crippen molar-refractivity contribution >= 4 is 11.4 Å². The Labute approximate surface area is 109 Å². The monoisotopic (exact) mass is 254 g/mol. The molecule has 0 fully saturated rings. The lowest BCUT2D eigenvalue weighted by molar-refractivity contribution is -0.384. The molecule has 0 atom stereocenters. The van der Waals surface area contributed by atoms with Gasteiger partial charge in [0, 0.05) is 12.3 Å². The largest absolute Gasteiger partial charge is 0.374 e. The first kappa shape index (κ1) is 12.5. The van der Waals surface area contributed by atoms with Gasteiger partial charge in [0.2, 0.25) is 0 Å². The molecule has 0 saturated heterocycles. The van der Waals surface area contributed by atoms with Crippen LogP contribution in [0.15, 0.2) is 42.6 Å². The van der Waals surface area contributed by atoms with E-state index < -0.39 is 4.92 Å². The number of nitrogens with one attached hydrogen (secondary N) is 1. The van der Waals surface area contributed by atoms with E-state index in [2.05, 4.69) is 10.3 Å². The second kappa shape index (κ2) is 5.60. The molecule has 2 rings (SSSR count). The van der Waals surface area contributed by atoms with Gasteiger partial charge in [-0.05, 0) is 24.3 Å². The van der Waals surface area contributed by atoms with Crippen LogP contribution in [-0.2, 0) is 6.54 Å². The lowest BCUT2D eigenvalue weighted by Crippen LogP contribution is -2.04. The van der Waals surface area contributed by atoms with Gasteiger partial charge in [-0.1, -0.05) is 6.07 Å². The number of nitro groups is 1. The summed E-state index contributed by atoms with van der Waals surface area (Å²) in [7, 11) is 0. The molecule has 1 aromatic carbocycles. The van der Waals surface area contributed by atoms with Crippen LogP contribution in [0.2, 0.25) is 0 Å². The summed E-state index contributed by atoms with van der Waals surface area (Å²) in [6.45, 7) is 0.358. The SMILES string of the molecule is N#Cc1ccc([N+](=O)[O-])c(NCc2ccccn2)c1. The van der Waals surface area contributed by atoms with Crippen molar-refractivity contribution < 1.29 is 4.92 Å². The lowest BCUT2D eigenvalue weighted by Gasteiger charge is -2.06. The van der Waals surface area contributed by atoms with Crippen LogP contribution in [0.3, 0.4) is 0 Å². The summed E-state index contributed by atoms with van der Waals surface area (Å²) in [5.74, 6) is 0. The van der Waals surface area contributed by atoms with Crippen LogP contribution in [0.25, 0.3) is 0 Å². The van der Waals surface area contributed by atoms with E-state index in [4.69, 9.17) is 5.26 Å². The first-order chi connectivity index (χ1) is 9.20. The summed E-state index contributed by atoms with van der Waals surface area (Å²) < 4.78 is 0. The summed E-state index contributed by atoms with van der Waals surface area (Å²) in [5, 5.41) is 22.6. The molecule has 6 heteroatoms. The third-order valence-corrected chi connectivity index (χ3v) is 2.51. The summed E-state index contributed by atoms with van der Waals surface area (Å²) in [5.41, 5.74) is 1.39. The minimum Gasteiger partial charge on any atom is -0.374 e. The van der Waals surface area contributed by atoms with Crippen molar-refractivity contribution in [3.05, 3.63) is 64.0 Å². The van der Waals surface area contributed by atoms with Gasteiger partial charge in [0.05, 0.1) is 28.8 Å². The van der Waals surface area contributed by atoms with Crippen molar-refractivity contribution in [2.75, 3.05) is 5.32 Å². The van der Waals surface area contributed by atoms with Gasteiger partial charge in [-0.25, -0.2) is 0 Å². The molecule has 1 aromatic heterocycles. The third kappa shape index (κ3) is 3.04. The van der Waals surface area contributed by atoms with Crippen molar-refractivity contribution in [2.24, 2.45) is 0 Å². The summed E-state index contributed by atoms with van der Waals surface area (Å²) in [4.78, 5) is 14.5. The smallest absolute Gasteiger partial charge is 0.292 e. The van der Waals surface area contributed by atoms with Crippen LogP contribution in [0.1, 0.15) is 11.3 Å². The average molecular weight is 254 g/mol. The summed E-state index contributed by atoms with van der Waals surface area (Å²) >= 11 is 0. The fourth-order valence-corrected chi connectivity index (χ4v) is 1.59. The van der Waals surface area contributed by atoms with Crippen molar-refractivity contribution in [1.82, 2.24) is 4.98 Å². The maximum Gasteiger partial charge on any atom is 0.292 e. The highest BCUT2D eigenvalue weighted by molar-refractivity contribution is 5.64. The fourth-order valence-electron chi connectivity index (χ4n) is 1.59. The lowest BCUT2D eigenvalue weighted by atomic mass is 10.2. The highest BCUT2D eigenvalue weighted by atomic mass is 16.6. The quantitative estimate of drug-likeness (QED) is 0.668. The molecular weight excluding hydrogens is 244 g/mol. The van der Waals surface area contributed by atoms with Gasteiger partial charge in [0.25, 0.3) is 5.69 Å². The van der Waals surface area contributed by atoms with Crippen molar-refractivity contribution in [1.29, 1.82) is 5.26 Å². The zero-order valence-corrected chi connectivity index (χ0v) is 9.91. The van der Waals surface area contributed by atoms with Crippen LogP contribution in [0, 0.1) is 21.4 Å². The molecule has 1 heterocycles. The van der Waals surface area contributed by atoms with Crippen LogP contribution in [0.4, 0.5) is 11.4 Å². The summed E-state index contributed by atoms with van der Waals surface area (Å²) in [6, 6.07) is 11.6. The Bertz CT molecular complexity index is 635. The van der Waals surface area contributed by atoms with E-state index >= 15 is 0 Å². The summed E-state index contributed by atoms with van der Waals surface area (Å²) in [6.07, 6.45) is 1.65. The van der Waals surface area contributed by atoms with Gasteiger partial charge in [-0.3, -0.25) is 15.1 Å². The second-order valence-electron chi connectivity index (χ2n) is 3.78. The first-order valence-corrected chi connectivity index (χ1v) is 5.53. The zero-order chi connectivity index (χ0) is 13.7. The maximum absolute atomic E-state index is 10.9. The van der Waals surface area contributed by atoms with E-state index in [1.165, 1.54) is 18.2 Å². The predicted octanol–water partition coefficient (Wildman–Crippen LogP) is 2.47. The number of pyridine rings is 1. The van der Waals surface area contributed by atoms with E-state index in [0.717, 1.165) is 5.69 Å². The Balaban J connectivity index is 2.23. The fraction of sp³-hybridized carbons (Fsp3) is 0.0769. The Hall–Kier alpha value is -2.94. The Morgan fingerprint density at radius 2 is 2.21 bits per heavy atom. The molecule has 0 amide bonds. The number of benzene rings is 1. The van der Waals surface area contributed by atoms with E-state index in [1.807, 2.05) is 18.2 Å². The maximum atomic E-state index is 10.9. The number of nitriles is 1. The molecule has 0 unspecified atom stereocenters. The Morgan fingerprint density at radius 3 is 2.84 bits per heavy atom. The number of nitrogens with zero attached hydrogens (tertiary/aromatic N) is 3. The number of rotatable bonds is 4. The molecule has 0 aliphatic carbocycles. The average Bonchev–Trinajstić information content (AvgIpc) is 2.45. The Kier molecular flexibility index (Phi) is 3.69. The Morgan fingerprint density at radius 1 is 1.37 bits per heavy atom. The molecule has 94 valence electrons. The highest BCUT2D eigenvalue weighted by Gasteiger charge is 2.13. The van der Waals surface area contributed by atoms with E-state index in [0.29, 0.717) is 17.8 Å². The van der Waals surface area contributed by atoms with Gasteiger partial charge in [0.15, 0.2) is 0 Å². The number of hydrogen-bond acceptors (Lipinski definition) is 5. The molecule has 1 N–H and O–H groups in total. The van der Waals surface area contributed by atoms with E-state index in [9.17, 15) is 10.1 Å². The molecule has 0 radical (unpaired) electrons. The van der Waals surface area contributed by atoms with Crippen LogP contribution < -0.4 is 5.32 Å². The molecule has 0 spiro atoms. The molecule has 0 saturated carbocycles. The minimum atomic E-state index is -0.484. The number of nitro benzene ring substituents is 1. The molecule has 0 bridgehead atoms. The highest BCUT2D eigenvalue weighted by Crippen LogP contribution is 2.25. The number of aromatic nitrogens is 1. The first-order valence-electron chi connectivity index (χ1n) is 5.53. The number of hydrogen-bond donors (Lipinski definition) is 1. The molecule has 0 aliphatic rings. The molecule has 19 heavy (non-hydrogen) atoms. The van der Waals surface area contributed by atoms with Crippen LogP contribution in [-0.4, -0.2) is 9.91 Å². The van der Waals surface area contributed by atoms with Crippen molar-refractivity contribution in [3.8, 4) is 6.07 Å². The van der Waals surface area contributed by atoms with Gasteiger partial charge in [0.1, 0.15) is 5.69 Å². The second-order valence-corrected chi connectivity index (χ2v) is 3.78. The number of anilines is 1. The zero-order valence-electron chi connectivity index (χ0n) is 9.91. The minimum absolute atomic E-state index is 0.0602. The van der Waals surface area contributed by atoms with Crippen LogP contribution >= 0.6 is 0 Å². The normalized spacial score (nSPS) is 9.63. The predicted molar refractivity (Wildman–Crippen MR) is 69.4 cm³/mol. The third-order valence-electron chi connectivity index (χ3n) is 2.51. The van der Waals surface area contributed by atoms with Crippen molar-refractivity contribution in [2.45, 2.75) is 6.54 Å². The van der Waals surface area contributed by atoms with E-state index in [-0.39, 0.29) is 5.69 Å². The standard InChI is InChI=1S/C13H10N4O2/c14-8-10-4-5-13(17(18)19)12(7-10)16-9-11-3-1-2-6-15-11/h1-7,16H,9H2. The van der Waals surface area contributed by atoms with Gasteiger partial charge < -0.3 is 5.32 Å². The topological polar surface area (TPSA) is 91.8 Å². The van der Waals surface area contributed by atoms with E-state index in [1.54, 1.807) is 12.3 Å². The van der Waals surface area contributed by atoms with Crippen LogP contribution in [0.5, 0.6) is 0 Å². The molecular formula is C13H10N4O2.